The number of aliphatic hydroxyl groups is 1. The summed E-state index contributed by atoms with van der Waals surface area (Å²) >= 11 is 0. The van der Waals surface area contributed by atoms with Gasteiger partial charge in [0.2, 0.25) is 0 Å². The highest BCUT2D eigenvalue weighted by atomic mass is 16.6. The fourth-order valence-electron chi connectivity index (χ4n) is 18.1. The molecule has 1 amide bonds. The molecule has 15 rings (SSSR count). The minimum absolute atomic E-state index is 0.0185. The van der Waals surface area contributed by atoms with Gasteiger partial charge in [0, 0.05) is 38.8 Å². The Hall–Kier alpha value is -3.42. The molecule has 0 aromatic rings. The topological polar surface area (TPSA) is 181 Å². The van der Waals surface area contributed by atoms with Crippen molar-refractivity contribution in [3.63, 3.8) is 0 Å². The van der Waals surface area contributed by atoms with Crippen molar-refractivity contribution < 1.29 is 62.3 Å². The maximum absolute atomic E-state index is 12.7. The SMILES string of the molecule is CCC(C)(C)C(=O)OC1(C)C2CC3CC(C2)CC1C3.CCC(C)(C)C(=O)OC12CC3CC(CC(O)(C3)C1)C2.CCC(C)(C)C(=O)OC12CC3CC(CC(OC(=O)N(C)C)(C3)C1)C2.CCC(C)(C)C(=O)OC1C2CC3C(=O)OC1C3C2. The van der Waals surface area contributed by atoms with Gasteiger partial charge in [-0.15, -0.1) is 0 Å². The van der Waals surface area contributed by atoms with Gasteiger partial charge in [-0.1, -0.05) is 27.7 Å². The number of carbonyl (C=O) groups is 6. The molecule has 9 atom stereocenters. The van der Waals surface area contributed by atoms with Crippen molar-refractivity contribution in [3.8, 4) is 0 Å². The summed E-state index contributed by atoms with van der Waals surface area (Å²) in [4.78, 5) is 74.9. The van der Waals surface area contributed by atoms with Crippen LogP contribution in [0.5, 0.6) is 0 Å². The van der Waals surface area contributed by atoms with Crippen LogP contribution in [0.4, 0.5) is 4.79 Å². The highest BCUT2D eigenvalue weighted by Crippen LogP contribution is 2.63. The zero-order chi connectivity index (χ0) is 58.6. The molecular weight excluding hydrogens is 1010 g/mol. The Morgan fingerprint density at radius 3 is 1.34 bits per heavy atom. The van der Waals surface area contributed by atoms with Gasteiger partial charge in [0.05, 0.1) is 33.2 Å². The first-order chi connectivity index (χ1) is 37.1. The highest BCUT2D eigenvalue weighted by Gasteiger charge is 2.65. The minimum Gasteiger partial charge on any atom is -0.459 e. The standard InChI is InChI=1S/C19H31NO4.C17H28O2.C16H26O3.C14H20O4/c1-6-17(2,3)15(21)23-18-8-13-7-14(9-18)11-19(10-13,12-18)24-16(22)20(4)5;1-5-16(2,3)15(18)19-17(4)13-7-11-6-12(9-13)10-14(17)8-11;1-4-14(2,3)13(17)19-16-8-11-5-12(9-16)7-15(18,6-11)10-16;1-4-14(2,3)13(16)18-10-7-5-8-9(6-7)12(15)17-11(8)10/h13-14H,6-12H2,1-5H3;11-14H,5-10H2,1-4H3;11-12,18H,4-10H2,1-3H3;7-11H,4-6H2,1-3H3. The monoisotopic (exact) mass is 1120 g/mol. The molecule has 14 aliphatic carbocycles. The fourth-order valence-corrected chi connectivity index (χ4v) is 18.1. The first-order valence-corrected chi connectivity index (χ1v) is 31.9. The summed E-state index contributed by atoms with van der Waals surface area (Å²) in [6, 6.07) is 0. The molecule has 0 spiro atoms. The number of rotatable bonds is 13. The van der Waals surface area contributed by atoms with Crippen LogP contribution in [0.25, 0.3) is 0 Å². The van der Waals surface area contributed by atoms with E-state index in [9.17, 15) is 33.9 Å². The Morgan fingerprint density at radius 1 is 0.525 bits per heavy atom. The van der Waals surface area contributed by atoms with Gasteiger partial charge >= 0.3 is 35.9 Å². The Kier molecular flexibility index (Phi) is 16.5. The number of esters is 5. The third kappa shape index (κ3) is 11.9. The number of nitrogens with zero attached hydrogens (tertiary/aromatic N) is 1. The summed E-state index contributed by atoms with van der Waals surface area (Å²) < 4.78 is 35.2. The van der Waals surface area contributed by atoms with E-state index in [1.807, 2.05) is 76.2 Å². The second-order valence-electron chi connectivity index (χ2n) is 31.8. The first kappa shape index (κ1) is 61.1. The maximum atomic E-state index is 12.7. The van der Waals surface area contributed by atoms with Crippen molar-refractivity contribution in [1.82, 2.24) is 4.90 Å². The smallest absolute Gasteiger partial charge is 0.409 e. The largest absolute Gasteiger partial charge is 0.459 e. The van der Waals surface area contributed by atoms with Gasteiger partial charge in [0.1, 0.15) is 34.6 Å². The van der Waals surface area contributed by atoms with E-state index in [-0.39, 0.29) is 70.7 Å². The number of amides is 1. The predicted octanol–water partition coefficient (Wildman–Crippen LogP) is 12.9. The molecule has 14 saturated carbocycles. The van der Waals surface area contributed by atoms with Crippen LogP contribution in [-0.2, 0) is 52.4 Å². The van der Waals surface area contributed by atoms with Crippen LogP contribution >= 0.6 is 0 Å². The highest BCUT2D eigenvalue weighted by molar-refractivity contribution is 5.79. The van der Waals surface area contributed by atoms with E-state index in [1.54, 1.807) is 14.1 Å². The molecule has 0 radical (unpaired) electrons. The van der Waals surface area contributed by atoms with Crippen molar-refractivity contribution >= 4 is 35.9 Å². The first-order valence-electron chi connectivity index (χ1n) is 31.9. The maximum Gasteiger partial charge on any atom is 0.409 e. The van der Waals surface area contributed by atoms with Crippen molar-refractivity contribution in [1.29, 1.82) is 0 Å². The Labute approximate surface area is 480 Å². The Balaban J connectivity index is 0.000000130. The average molecular weight is 1120 g/mol. The molecule has 14 heteroatoms. The summed E-state index contributed by atoms with van der Waals surface area (Å²) in [5, 5.41) is 10.6. The third-order valence-electron chi connectivity index (χ3n) is 23.7. The Bertz CT molecular complexity index is 2310. The van der Waals surface area contributed by atoms with E-state index >= 15 is 0 Å². The average Bonchev–Trinajstić information content (AvgIpc) is 4.01. The third-order valence-corrected chi connectivity index (χ3v) is 23.7. The van der Waals surface area contributed by atoms with Crippen LogP contribution in [0.1, 0.15) is 238 Å². The summed E-state index contributed by atoms with van der Waals surface area (Å²) in [5.74, 6) is 5.49. The van der Waals surface area contributed by atoms with Crippen LogP contribution in [-0.4, -0.2) is 100 Å². The van der Waals surface area contributed by atoms with Crippen LogP contribution in [0.15, 0.2) is 0 Å². The molecule has 14 nitrogen and oxygen atoms in total. The molecule has 1 saturated heterocycles. The minimum atomic E-state index is -0.555. The van der Waals surface area contributed by atoms with E-state index in [2.05, 4.69) is 13.8 Å². The molecule has 1 N–H and O–H groups in total. The van der Waals surface area contributed by atoms with Crippen LogP contribution in [0, 0.1) is 86.8 Å². The number of hydrogen-bond acceptors (Lipinski definition) is 13. The molecule has 15 fully saturated rings. The van der Waals surface area contributed by atoms with Gasteiger partial charge in [-0.3, -0.25) is 24.0 Å². The van der Waals surface area contributed by atoms with Crippen LogP contribution < -0.4 is 0 Å². The predicted molar refractivity (Wildman–Crippen MR) is 302 cm³/mol. The lowest BCUT2D eigenvalue weighted by molar-refractivity contribution is -0.227. The Morgan fingerprint density at radius 2 is 0.912 bits per heavy atom. The molecule has 9 unspecified atom stereocenters. The lowest BCUT2D eigenvalue weighted by Gasteiger charge is -2.60. The summed E-state index contributed by atoms with van der Waals surface area (Å²) in [5.41, 5.74) is -3.62. The van der Waals surface area contributed by atoms with Gasteiger partial charge in [0.25, 0.3) is 0 Å². The molecule has 452 valence electrons. The van der Waals surface area contributed by atoms with Crippen LogP contribution in [0.2, 0.25) is 0 Å². The van der Waals surface area contributed by atoms with Crippen molar-refractivity contribution in [2.24, 2.45) is 86.8 Å². The fraction of sp³-hybridized carbons (Fsp3) is 0.909. The van der Waals surface area contributed by atoms with Gasteiger partial charge in [-0.2, -0.15) is 0 Å². The molecule has 0 aromatic carbocycles. The number of fused-ring (bicyclic) bond motifs is 1. The normalized spacial score (nSPS) is 41.5. The van der Waals surface area contributed by atoms with Crippen molar-refractivity contribution in [2.75, 3.05) is 14.1 Å². The quantitative estimate of drug-likeness (QED) is 0.136. The number of carbonyl (C=O) groups excluding carboxylic acids is 6. The van der Waals surface area contributed by atoms with Gasteiger partial charge in [-0.25, -0.2) is 4.79 Å². The van der Waals surface area contributed by atoms with E-state index in [0.717, 1.165) is 102 Å². The molecule has 80 heavy (non-hydrogen) atoms. The van der Waals surface area contributed by atoms with Crippen LogP contribution in [0.3, 0.4) is 0 Å². The van der Waals surface area contributed by atoms with E-state index in [0.29, 0.717) is 60.2 Å². The summed E-state index contributed by atoms with van der Waals surface area (Å²) in [6.45, 7) is 25.9. The molecule has 14 bridgehead atoms. The molecule has 1 aliphatic heterocycles. The molecule has 1 heterocycles. The lowest BCUT2D eigenvalue weighted by Crippen LogP contribution is -2.62. The zero-order valence-corrected chi connectivity index (χ0v) is 52.1. The van der Waals surface area contributed by atoms with Gasteiger partial charge in [-0.05, 0) is 244 Å². The summed E-state index contributed by atoms with van der Waals surface area (Å²) in [6.07, 6.45) is 22.1. The van der Waals surface area contributed by atoms with Gasteiger partial charge < -0.3 is 38.4 Å². The molecular formula is C66H105NO13. The van der Waals surface area contributed by atoms with E-state index < -0.39 is 33.0 Å². The lowest BCUT2D eigenvalue weighted by atomic mass is 9.50. The number of ether oxygens (including phenoxy) is 6. The number of hydrogen-bond donors (Lipinski definition) is 1. The van der Waals surface area contributed by atoms with E-state index in [4.69, 9.17) is 28.4 Å². The summed E-state index contributed by atoms with van der Waals surface area (Å²) in [7, 11) is 3.42. The second-order valence-corrected chi connectivity index (χ2v) is 31.8. The molecule has 15 aliphatic rings. The van der Waals surface area contributed by atoms with Crippen molar-refractivity contribution in [3.05, 3.63) is 0 Å². The van der Waals surface area contributed by atoms with E-state index in [1.165, 1.54) is 49.8 Å². The van der Waals surface area contributed by atoms with Crippen molar-refractivity contribution in [2.45, 2.75) is 278 Å². The van der Waals surface area contributed by atoms with Gasteiger partial charge in [0.15, 0.2) is 0 Å². The second kappa shape index (κ2) is 21.6. The zero-order valence-electron chi connectivity index (χ0n) is 52.1. The molecule has 0 aromatic heterocycles.